The lowest BCUT2D eigenvalue weighted by atomic mass is 10.4. The van der Waals surface area contributed by atoms with E-state index < -0.39 is 0 Å². The first-order chi connectivity index (χ1) is 7.77. The monoisotopic (exact) mass is 215 g/mol. The van der Waals surface area contributed by atoms with Crippen molar-refractivity contribution in [2.24, 2.45) is 7.05 Å². The summed E-state index contributed by atoms with van der Waals surface area (Å²) in [6.45, 7) is 0. The fraction of sp³-hybridized carbons (Fsp3) is 0.111. The standard InChI is InChI=1S/C9H9N7/c1-15-7-2-3-11-4-6(7)14-9(15)16-8(10)12-5-13-16/h2-5H,1H3,(H2,10,12,13). The second kappa shape index (κ2) is 3.02. The highest BCUT2D eigenvalue weighted by Crippen LogP contribution is 2.16. The van der Waals surface area contributed by atoms with Gasteiger partial charge in [0.2, 0.25) is 11.9 Å². The van der Waals surface area contributed by atoms with Gasteiger partial charge in [-0.1, -0.05) is 0 Å². The van der Waals surface area contributed by atoms with E-state index in [-0.39, 0.29) is 0 Å². The second-order valence-corrected chi connectivity index (χ2v) is 3.37. The predicted octanol–water partition coefficient (Wildman–Crippen LogP) is 0.131. The fourth-order valence-electron chi connectivity index (χ4n) is 1.63. The van der Waals surface area contributed by atoms with Gasteiger partial charge in [0, 0.05) is 13.2 Å². The average molecular weight is 215 g/mol. The summed E-state index contributed by atoms with van der Waals surface area (Å²) in [5.41, 5.74) is 7.46. The van der Waals surface area contributed by atoms with Crippen molar-refractivity contribution in [2.75, 3.05) is 5.73 Å². The molecular weight excluding hydrogens is 206 g/mol. The van der Waals surface area contributed by atoms with E-state index in [0.717, 1.165) is 11.0 Å². The molecule has 2 N–H and O–H groups in total. The number of nitrogen functional groups attached to an aromatic ring is 1. The topological polar surface area (TPSA) is 87.4 Å². The van der Waals surface area contributed by atoms with Crippen molar-refractivity contribution in [1.82, 2.24) is 29.3 Å². The maximum Gasteiger partial charge on any atom is 0.234 e. The number of hydrogen-bond acceptors (Lipinski definition) is 5. The molecule has 0 bridgehead atoms. The predicted molar refractivity (Wildman–Crippen MR) is 57.8 cm³/mol. The quantitative estimate of drug-likeness (QED) is 0.623. The molecule has 0 spiro atoms. The van der Waals surface area contributed by atoms with Gasteiger partial charge in [-0.05, 0) is 6.07 Å². The Morgan fingerprint density at radius 2 is 2.25 bits per heavy atom. The molecule has 0 saturated carbocycles. The number of fused-ring (bicyclic) bond motifs is 1. The zero-order valence-corrected chi connectivity index (χ0v) is 8.57. The third-order valence-corrected chi connectivity index (χ3v) is 2.42. The van der Waals surface area contributed by atoms with Crippen LogP contribution in [0.15, 0.2) is 24.8 Å². The summed E-state index contributed by atoms with van der Waals surface area (Å²) in [5, 5.41) is 4.02. The van der Waals surface area contributed by atoms with Crippen LogP contribution >= 0.6 is 0 Å². The van der Waals surface area contributed by atoms with Crippen LogP contribution in [-0.2, 0) is 7.05 Å². The van der Waals surface area contributed by atoms with Crippen LogP contribution in [0, 0.1) is 0 Å². The van der Waals surface area contributed by atoms with E-state index in [9.17, 15) is 0 Å². The van der Waals surface area contributed by atoms with Gasteiger partial charge in [0.1, 0.15) is 11.8 Å². The van der Waals surface area contributed by atoms with Crippen LogP contribution in [0.5, 0.6) is 0 Å². The number of pyridine rings is 1. The Kier molecular flexibility index (Phi) is 1.67. The number of imidazole rings is 1. The van der Waals surface area contributed by atoms with Gasteiger partial charge in [-0.15, -0.1) is 0 Å². The van der Waals surface area contributed by atoms with Crippen molar-refractivity contribution in [3.05, 3.63) is 24.8 Å². The van der Waals surface area contributed by atoms with Crippen molar-refractivity contribution in [3.8, 4) is 5.95 Å². The number of nitrogens with two attached hydrogens (primary N) is 1. The lowest BCUT2D eigenvalue weighted by Crippen LogP contribution is -2.08. The van der Waals surface area contributed by atoms with Crippen LogP contribution in [0.4, 0.5) is 5.95 Å². The van der Waals surface area contributed by atoms with Crippen molar-refractivity contribution in [3.63, 3.8) is 0 Å². The van der Waals surface area contributed by atoms with Gasteiger partial charge in [-0.25, -0.2) is 4.98 Å². The van der Waals surface area contributed by atoms with Crippen LogP contribution in [0.1, 0.15) is 0 Å². The Morgan fingerprint density at radius 3 is 2.94 bits per heavy atom. The Bertz CT molecular complexity index is 651. The third kappa shape index (κ3) is 1.08. The number of anilines is 1. The molecule has 0 saturated heterocycles. The number of aromatic nitrogens is 6. The van der Waals surface area contributed by atoms with E-state index in [1.807, 2.05) is 17.7 Å². The summed E-state index contributed by atoms with van der Waals surface area (Å²) in [7, 11) is 1.89. The maximum atomic E-state index is 5.68. The lowest BCUT2D eigenvalue weighted by Gasteiger charge is -2.01. The number of nitrogens with zero attached hydrogens (tertiary/aromatic N) is 6. The summed E-state index contributed by atoms with van der Waals surface area (Å²) in [6.07, 6.45) is 4.82. The Balaban J connectivity index is 2.33. The highest BCUT2D eigenvalue weighted by atomic mass is 15.4. The molecule has 80 valence electrons. The van der Waals surface area contributed by atoms with Gasteiger partial charge in [0.15, 0.2) is 0 Å². The minimum Gasteiger partial charge on any atom is -0.368 e. The normalized spacial score (nSPS) is 11.1. The van der Waals surface area contributed by atoms with Crippen LogP contribution in [0.25, 0.3) is 17.0 Å². The molecule has 0 fully saturated rings. The van der Waals surface area contributed by atoms with Gasteiger partial charge < -0.3 is 10.3 Å². The first kappa shape index (κ1) is 8.84. The fourth-order valence-corrected chi connectivity index (χ4v) is 1.63. The summed E-state index contributed by atoms with van der Waals surface area (Å²) in [4.78, 5) is 12.3. The molecule has 0 radical (unpaired) electrons. The number of aryl methyl sites for hydroxylation is 1. The molecule has 0 aliphatic carbocycles. The first-order valence-corrected chi connectivity index (χ1v) is 4.69. The van der Waals surface area contributed by atoms with Gasteiger partial charge in [-0.3, -0.25) is 4.98 Å². The largest absolute Gasteiger partial charge is 0.368 e. The maximum absolute atomic E-state index is 5.68. The summed E-state index contributed by atoms with van der Waals surface area (Å²) in [5.74, 6) is 0.935. The second-order valence-electron chi connectivity index (χ2n) is 3.37. The van der Waals surface area contributed by atoms with Gasteiger partial charge >= 0.3 is 0 Å². The molecular formula is C9H9N7. The zero-order valence-electron chi connectivity index (χ0n) is 8.57. The summed E-state index contributed by atoms with van der Waals surface area (Å²) >= 11 is 0. The minimum absolute atomic E-state index is 0.311. The molecule has 3 aromatic heterocycles. The first-order valence-electron chi connectivity index (χ1n) is 4.69. The van der Waals surface area contributed by atoms with Crippen molar-refractivity contribution in [1.29, 1.82) is 0 Å². The third-order valence-electron chi connectivity index (χ3n) is 2.42. The van der Waals surface area contributed by atoms with E-state index in [4.69, 9.17) is 5.73 Å². The summed E-state index contributed by atoms with van der Waals surface area (Å²) in [6, 6.07) is 1.89. The van der Waals surface area contributed by atoms with Gasteiger partial charge in [-0.2, -0.15) is 14.8 Å². The van der Waals surface area contributed by atoms with E-state index >= 15 is 0 Å². The molecule has 7 nitrogen and oxygen atoms in total. The highest BCUT2D eigenvalue weighted by molar-refractivity contribution is 5.76. The molecule has 0 atom stereocenters. The number of hydrogen-bond donors (Lipinski definition) is 1. The Hall–Kier alpha value is -2.44. The van der Waals surface area contributed by atoms with Crippen molar-refractivity contribution >= 4 is 17.0 Å². The summed E-state index contributed by atoms with van der Waals surface area (Å²) < 4.78 is 3.38. The van der Waals surface area contributed by atoms with Crippen LogP contribution < -0.4 is 5.73 Å². The molecule has 3 aromatic rings. The lowest BCUT2D eigenvalue weighted by molar-refractivity contribution is 0.768. The number of rotatable bonds is 1. The molecule has 0 aromatic carbocycles. The van der Waals surface area contributed by atoms with E-state index in [0.29, 0.717) is 11.9 Å². The molecule has 0 amide bonds. The van der Waals surface area contributed by atoms with Crippen molar-refractivity contribution < 1.29 is 0 Å². The smallest absolute Gasteiger partial charge is 0.234 e. The van der Waals surface area contributed by atoms with Crippen LogP contribution in [0.3, 0.4) is 0 Å². The van der Waals surface area contributed by atoms with Crippen LogP contribution in [-0.4, -0.2) is 29.3 Å². The Morgan fingerprint density at radius 1 is 1.38 bits per heavy atom. The van der Waals surface area contributed by atoms with Gasteiger partial charge in [0.25, 0.3) is 0 Å². The molecule has 0 aliphatic heterocycles. The molecule has 3 heterocycles. The van der Waals surface area contributed by atoms with E-state index in [2.05, 4.69) is 20.1 Å². The average Bonchev–Trinajstić information content (AvgIpc) is 2.84. The molecule has 3 rings (SSSR count). The van der Waals surface area contributed by atoms with Gasteiger partial charge in [0.05, 0.1) is 11.7 Å². The van der Waals surface area contributed by atoms with E-state index in [1.54, 1.807) is 12.4 Å². The molecule has 7 heteroatoms. The van der Waals surface area contributed by atoms with Crippen LogP contribution in [0.2, 0.25) is 0 Å². The molecule has 0 unspecified atom stereocenters. The van der Waals surface area contributed by atoms with Crippen molar-refractivity contribution in [2.45, 2.75) is 0 Å². The highest BCUT2D eigenvalue weighted by Gasteiger charge is 2.12. The SMILES string of the molecule is Cn1c(-n2ncnc2N)nc2cnccc21. The molecule has 0 aliphatic rings. The Labute approximate surface area is 90.6 Å². The van der Waals surface area contributed by atoms with E-state index in [1.165, 1.54) is 11.0 Å². The molecule has 16 heavy (non-hydrogen) atoms. The zero-order chi connectivity index (χ0) is 11.1. The minimum atomic E-state index is 0.311.